The summed E-state index contributed by atoms with van der Waals surface area (Å²) in [5, 5.41) is 0.739. The van der Waals surface area contributed by atoms with Gasteiger partial charge in [-0.1, -0.05) is 12.1 Å². The van der Waals surface area contributed by atoms with Crippen molar-refractivity contribution in [2.24, 2.45) is 7.05 Å². The highest BCUT2D eigenvalue weighted by Gasteiger charge is 2.00. The maximum Gasteiger partial charge on any atom is 0.260 e. The second-order valence-electron chi connectivity index (χ2n) is 2.73. The van der Waals surface area contributed by atoms with Crippen molar-refractivity contribution in [2.45, 2.75) is 0 Å². The van der Waals surface area contributed by atoms with Crippen molar-refractivity contribution >= 4 is 33.6 Å². The van der Waals surface area contributed by atoms with E-state index in [1.165, 1.54) is 15.9 Å². The quantitative estimate of drug-likeness (QED) is 0.621. The fourth-order valence-corrected chi connectivity index (χ4v) is 2.33. The number of hydrogen-bond donors (Lipinski definition) is 0. The minimum absolute atomic E-state index is 0.0145. The van der Waals surface area contributed by atoms with Crippen LogP contribution in [0, 0.1) is 3.95 Å². The predicted octanol–water partition coefficient (Wildman–Crippen LogP) is 2.33. The second-order valence-corrected chi connectivity index (χ2v) is 4.40. The van der Waals surface area contributed by atoms with Crippen molar-refractivity contribution in [1.29, 1.82) is 0 Å². The van der Waals surface area contributed by atoms with E-state index in [9.17, 15) is 4.79 Å². The van der Waals surface area contributed by atoms with Crippen LogP contribution in [0.4, 0.5) is 0 Å². The molecule has 0 bridgehead atoms. The first-order valence-electron chi connectivity index (χ1n) is 3.79. The van der Waals surface area contributed by atoms with Gasteiger partial charge in [-0.05, 0) is 24.4 Å². The lowest BCUT2D eigenvalue weighted by Crippen LogP contribution is -2.15. The summed E-state index contributed by atoms with van der Waals surface area (Å²) >= 11 is 6.51. The SMILES string of the molecule is Cn1c(=S)sc2ccccc2c1=O. The lowest BCUT2D eigenvalue weighted by atomic mass is 10.3. The Balaban J connectivity index is 3.12. The van der Waals surface area contributed by atoms with Gasteiger partial charge in [0.05, 0.1) is 5.39 Å². The van der Waals surface area contributed by atoms with E-state index in [0.29, 0.717) is 3.95 Å². The molecule has 1 aromatic carbocycles. The Kier molecular flexibility index (Phi) is 2.01. The zero-order valence-corrected chi connectivity index (χ0v) is 8.61. The largest absolute Gasteiger partial charge is 0.294 e. The van der Waals surface area contributed by atoms with Gasteiger partial charge in [-0.3, -0.25) is 9.36 Å². The van der Waals surface area contributed by atoms with Crippen LogP contribution in [0.2, 0.25) is 0 Å². The number of rotatable bonds is 0. The van der Waals surface area contributed by atoms with Crippen molar-refractivity contribution in [3.63, 3.8) is 0 Å². The maximum atomic E-state index is 11.7. The molecule has 0 amide bonds. The zero-order valence-electron chi connectivity index (χ0n) is 6.98. The predicted molar refractivity (Wildman–Crippen MR) is 57.9 cm³/mol. The molecule has 0 fully saturated rings. The summed E-state index contributed by atoms with van der Waals surface area (Å²) in [5.74, 6) is 0. The lowest BCUT2D eigenvalue weighted by Gasteiger charge is -1.99. The van der Waals surface area contributed by atoms with Gasteiger partial charge in [-0.25, -0.2) is 0 Å². The standard InChI is InChI=1S/C9H7NOS2/c1-10-8(11)6-4-2-3-5-7(6)13-9(10)12/h2-5H,1H3. The average molecular weight is 209 g/mol. The Hall–Kier alpha value is -1.00. The van der Waals surface area contributed by atoms with Crippen molar-refractivity contribution in [2.75, 3.05) is 0 Å². The Labute approximate surface area is 84.1 Å². The van der Waals surface area contributed by atoms with Gasteiger partial charge in [0.2, 0.25) is 0 Å². The molecule has 0 saturated heterocycles. The lowest BCUT2D eigenvalue weighted by molar-refractivity contribution is 0.875. The first-order chi connectivity index (χ1) is 6.20. The second kappa shape index (κ2) is 3.05. The molecule has 0 aliphatic heterocycles. The molecule has 4 heteroatoms. The summed E-state index contributed by atoms with van der Waals surface area (Å²) in [6.07, 6.45) is 0. The maximum absolute atomic E-state index is 11.7. The summed E-state index contributed by atoms with van der Waals surface area (Å²) in [5.41, 5.74) is -0.0145. The minimum Gasteiger partial charge on any atom is -0.294 e. The van der Waals surface area contributed by atoms with Gasteiger partial charge in [0.1, 0.15) is 0 Å². The molecule has 0 spiro atoms. The highest BCUT2D eigenvalue weighted by atomic mass is 32.1. The molecule has 2 aromatic rings. The van der Waals surface area contributed by atoms with Gasteiger partial charge in [-0.15, -0.1) is 11.3 Å². The summed E-state index contributed by atoms with van der Waals surface area (Å²) in [6.45, 7) is 0. The molecule has 0 aliphatic carbocycles. The minimum atomic E-state index is -0.0145. The van der Waals surface area contributed by atoms with Gasteiger partial charge < -0.3 is 0 Å². The van der Waals surface area contributed by atoms with E-state index >= 15 is 0 Å². The van der Waals surface area contributed by atoms with Crippen LogP contribution in [0.5, 0.6) is 0 Å². The molecule has 2 rings (SSSR count). The van der Waals surface area contributed by atoms with Crippen LogP contribution in [0.1, 0.15) is 0 Å². The number of benzene rings is 1. The van der Waals surface area contributed by atoms with Crippen LogP contribution < -0.4 is 5.56 Å². The van der Waals surface area contributed by atoms with Crippen molar-refractivity contribution < 1.29 is 0 Å². The third-order valence-electron chi connectivity index (χ3n) is 1.89. The van der Waals surface area contributed by atoms with Crippen LogP contribution in [-0.2, 0) is 7.05 Å². The van der Waals surface area contributed by atoms with Crippen LogP contribution in [0.25, 0.3) is 10.1 Å². The smallest absolute Gasteiger partial charge is 0.260 e. The van der Waals surface area contributed by atoms with E-state index in [0.717, 1.165) is 10.1 Å². The first-order valence-corrected chi connectivity index (χ1v) is 5.01. The molecule has 66 valence electrons. The molecule has 13 heavy (non-hydrogen) atoms. The van der Waals surface area contributed by atoms with Gasteiger partial charge >= 0.3 is 0 Å². The normalized spacial score (nSPS) is 10.5. The Bertz CT molecular complexity index is 568. The van der Waals surface area contributed by atoms with Crippen LogP contribution in [0.15, 0.2) is 29.1 Å². The monoisotopic (exact) mass is 209 g/mol. The van der Waals surface area contributed by atoms with Crippen molar-refractivity contribution in [1.82, 2.24) is 4.57 Å². The third-order valence-corrected chi connectivity index (χ3v) is 3.44. The van der Waals surface area contributed by atoms with Crippen molar-refractivity contribution in [3.05, 3.63) is 38.6 Å². The third kappa shape index (κ3) is 1.32. The fourth-order valence-electron chi connectivity index (χ4n) is 1.16. The molecule has 1 heterocycles. The molecule has 2 nitrogen and oxygen atoms in total. The Morgan fingerprint density at radius 1 is 1.38 bits per heavy atom. The van der Waals surface area contributed by atoms with Crippen LogP contribution in [-0.4, -0.2) is 4.57 Å². The molecule has 0 N–H and O–H groups in total. The van der Waals surface area contributed by atoms with E-state index in [1.807, 2.05) is 24.3 Å². The zero-order chi connectivity index (χ0) is 9.42. The first kappa shape index (κ1) is 8.59. The van der Waals surface area contributed by atoms with Gasteiger partial charge in [-0.2, -0.15) is 0 Å². The fraction of sp³-hybridized carbons (Fsp3) is 0.111. The topological polar surface area (TPSA) is 22.0 Å². The van der Waals surface area contributed by atoms with Crippen LogP contribution in [0.3, 0.4) is 0 Å². The summed E-state index contributed by atoms with van der Waals surface area (Å²) < 4.78 is 3.07. The van der Waals surface area contributed by atoms with E-state index in [-0.39, 0.29) is 5.56 Å². The van der Waals surface area contributed by atoms with Gasteiger partial charge in [0.15, 0.2) is 3.95 Å². The van der Waals surface area contributed by atoms with Crippen molar-refractivity contribution in [3.8, 4) is 0 Å². The molecule has 0 atom stereocenters. The molecule has 0 radical (unpaired) electrons. The van der Waals surface area contributed by atoms with Gasteiger partial charge in [0, 0.05) is 11.7 Å². The number of aromatic nitrogens is 1. The molecule has 0 unspecified atom stereocenters. The van der Waals surface area contributed by atoms with E-state index in [4.69, 9.17) is 12.2 Å². The highest BCUT2D eigenvalue weighted by Crippen LogP contribution is 2.14. The van der Waals surface area contributed by atoms with E-state index in [2.05, 4.69) is 0 Å². The summed E-state index contributed by atoms with van der Waals surface area (Å²) in [4.78, 5) is 11.7. The number of nitrogens with zero attached hydrogens (tertiary/aromatic N) is 1. The van der Waals surface area contributed by atoms with Gasteiger partial charge in [0.25, 0.3) is 5.56 Å². The Morgan fingerprint density at radius 2 is 2.08 bits per heavy atom. The van der Waals surface area contributed by atoms with E-state index in [1.54, 1.807) is 7.05 Å². The number of hydrogen-bond acceptors (Lipinski definition) is 3. The molecule has 0 saturated carbocycles. The highest BCUT2D eigenvalue weighted by molar-refractivity contribution is 7.73. The number of fused-ring (bicyclic) bond motifs is 1. The summed E-state index contributed by atoms with van der Waals surface area (Å²) in [7, 11) is 1.70. The molecule has 0 aliphatic rings. The molecular weight excluding hydrogens is 202 g/mol. The average Bonchev–Trinajstić information content (AvgIpc) is 2.15. The Morgan fingerprint density at radius 3 is 2.85 bits per heavy atom. The van der Waals surface area contributed by atoms with Crippen LogP contribution >= 0.6 is 23.6 Å². The molecular formula is C9H7NOS2. The summed E-state index contributed by atoms with van der Waals surface area (Å²) in [6, 6.07) is 7.51. The van der Waals surface area contributed by atoms with E-state index < -0.39 is 0 Å². The molecule has 1 aromatic heterocycles.